The second kappa shape index (κ2) is 9.65. The van der Waals surface area contributed by atoms with E-state index >= 15 is 0 Å². The Hall–Kier alpha value is -3.87. The van der Waals surface area contributed by atoms with Crippen LogP contribution in [-0.4, -0.2) is 38.5 Å². The van der Waals surface area contributed by atoms with Gasteiger partial charge < -0.3 is 10.1 Å². The predicted octanol–water partition coefficient (Wildman–Crippen LogP) is 5.30. The molecule has 1 aromatic heterocycles. The van der Waals surface area contributed by atoms with E-state index in [4.69, 9.17) is 27.9 Å². The zero-order valence-electron chi connectivity index (χ0n) is 22.4. The molecule has 0 bridgehead atoms. The number of nitriles is 1. The van der Waals surface area contributed by atoms with Crippen molar-refractivity contribution in [3.8, 4) is 6.07 Å². The van der Waals surface area contributed by atoms with E-state index in [9.17, 15) is 19.6 Å². The van der Waals surface area contributed by atoms with Crippen LogP contribution in [0.1, 0.15) is 62.2 Å². The lowest BCUT2D eigenvalue weighted by Crippen LogP contribution is -2.48. The van der Waals surface area contributed by atoms with Gasteiger partial charge in [-0.3, -0.25) is 14.2 Å². The van der Waals surface area contributed by atoms with E-state index in [1.165, 1.54) is 11.1 Å². The topological polar surface area (TPSA) is 117 Å². The Kier molecular flexibility index (Phi) is 6.68. The maximum absolute atomic E-state index is 14.2. The van der Waals surface area contributed by atoms with Gasteiger partial charge in [0.25, 0.3) is 11.8 Å². The molecule has 2 aromatic carbocycles. The Balaban J connectivity index is 1.56. The first-order valence-electron chi connectivity index (χ1n) is 12.7. The monoisotopic (exact) mass is 579 g/mol. The van der Waals surface area contributed by atoms with E-state index in [-0.39, 0.29) is 24.0 Å². The number of halogens is 2. The molecule has 1 saturated carbocycles. The fourth-order valence-electron chi connectivity index (χ4n) is 4.89. The smallest absolute Gasteiger partial charge is 0.332 e. The number of rotatable bonds is 6. The molecule has 5 rings (SSSR count). The lowest BCUT2D eigenvalue weighted by atomic mass is 9.91. The van der Waals surface area contributed by atoms with Crippen molar-refractivity contribution in [2.45, 2.75) is 63.6 Å². The van der Waals surface area contributed by atoms with E-state index in [2.05, 4.69) is 16.4 Å². The van der Waals surface area contributed by atoms with E-state index in [0.717, 1.165) is 5.56 Å². The van der Waals surface area contributed by atoms with Gasteiger partial charge in [-0.2, -0.15) is 5.26 Å². The number of nitrogens with one attached hydrogen (secondary N) is 1. The van der Waals surface area contributed by atoms with Gasteiger partial charge in [0.1, 0.15) is 22.4 Å². The third-order valence-electron chi connectivity index (χ3n) is 6.96. The predicted molar refractivity (Wildman–Crippen MR) is 150 cm³/mol. The number of carbonyl (C=O) groups is 3. The van der Waals surface area contributed by atoms with Crippen molar-refractivity contribution in [1.29, 1.82) is 5.26 Å². The molecule has 2 heterocycles. The number of hydrogen-bond donors (Lipinski definition) is 1. The molecule has 1 aliphatic heterocycles. The highest BCUT2D eigenvalue weighted by Gasteiger charge is 2.55. The van der Waals surface area contributed by atoms with Gasteiger partial charge in [0.2, 0.25) is 5.95 Å². The van der Waals surface area contributed by atoms with E-state index in [1.807, 2.05) is 0 Å². The summed E-state index contributed by atoms with van der Waals surface area (Å²) in [5.74, 6) is -1.18. The average molecular weight is 580 g/mol. The Morgan fingerprint density at radius 3 is 2.30 bits per heavy atom. The minimum atomic E-state index is -1.29. The summed E-state index contributed by atoms with van der Waals surface area (Å²) < 4.78 is 7.13. The van der Waals surface area contributed by atoms with Crippen molar-refractivity contribution < 1.29 is 19.1 Å². The summed E-state index contributed by atoms with van der Waals surface area (Å²) in [6.07, 6.45) is 2.48. The van der Waals surface area contributed by atoms with Gasteiger partial charge in [-0.05, 0) is 76.4 Å². The van der Waals surface area contributed by atoms with E-state index in [1.54, 1.807) is 74.7 Å². The van der Waals surface area contributed by atoms with Crippen LogP contribution in [0.2, 0.25) is 10.0 Å². The first kappa shape index (κ1) is 27.7. The molecule has 3 aromatic rings. The highest BCUT2D eigenvalue weighted by molar-refractivity contribution is 6.35. The lowest BCUT2D eigenvalue weighted by Gasteiger charge is -2.27. The molecule has 40 heavy (non-hydrogen) atoms. The van der Waals surface area contributed by atoms with E-state index < -0.39 is 28.6 Å². The van der Waals surface area contributed by atoms with E-state index in [0.29, 0.717) is 34.1 Å². The largest absolute Gasteiger partial charge is 0.458 e. The summed E-state index contributed by atoms with van der Waals surface area (Å²) in [5, 5.41) is 12.7. The second-order valence-corrected chi connectivity index (χ2v) is 12.2. The van der Waals surface area contributed by atoms with Crippen molar-refractivity contribution in [1.82, 2.24) is 14.9 Å². The fourth-order valence-corrected chi connectivity index (χ4v) is 5.40. The quantitative estimate of drug-likeness (QED) is 0.396. The number of ether oxygens (including phenoxy) is 1. The molecule has 1 atom stereocenters. The molecular formula is C29H27Cl2N5O4. The van der Waals surface area contributed by atoms with Crippen LogP contribution in [0, 0.1) is 11.3 Å². The SMILES string of the molecule is CC(C)(C)OC(=O)C1(NC(=O)c2cnc3n2C(C)(Cc2ccc(C#N)cc2)C(=O)N3c2cc(Cl)cc(Cl)c2)CC1. The molecule has 1 fully saturated rings. The van der Waals surface area contributed by atoms with Crippen LogP contribution < -0.4 is 10.2 Å². The minimum Gasteiger partial charge on any atom is -0.458 e. The van der Waals surface area contributed by atoms with Crippen LogP contribution in [0.5, 0.6) is 0 Å². The number of aromatic nitrogens is 2. The Morgan fingerprint density at radius 2 is 1.75 bits per heavy atom. The molecule has 0 saturated heterocycles. The molecule has 206 valence electrons. The average Bonchev–Trinajstić information content (AvgIpc) is 3.45. The Bertz CT molecular complexity index is 1560. The van der Waals surface area contributed by atoms with Crippen LogP contribution >= 0.6 is 23.2 Å². The summed E-state index contributed by atoms with van der Waals surface area (Å²) >= 11 is 12.5. The molecule has 11 heteroatoms. The lowest BCUT2D eigenvalue weighted by molar-refractivity contribution is -0.158. The molecule has 1 unspecified atom stereocenters. The highest BCUT2D eigenvalue weighted by atomic mass is 35.5. The van der Waals surface area contributed by atoms with Crippen molar-refractivity contribution in [2.24, 2.45) is 0 Å². The summed E-state index contributed by atoms with van der Waals surface area (Å²) in [4.78, 5) is 46.6. The standard InChI is InChI=1S/C29H27Cl2N5O4/c1-27(2,3)40-25(39)29(9-10-29)34-23(37)22-16-33-26-35(21-12-19(30)11-20(31)13-21)24(38)28(4,36(22)26)14-17-5-7-18(15-32)8-6-17/h5-8,11-13,16H,9-10,14H2,1-4H3,(H,34,37). The number of hydrogen-bond acceptors (Lipinski definition) is 6. The number of fused-ring (bicyclic) bond motifs is 1. The van der Waals surface area contributed by atoms with Crippen molar-refractivity contribution >= 4 is 52.6 Å². The first-order valence-corrected chi connectivity index (χ1v) is 13.5. The minimum absolute atomic E-state index is 0.116. The van der Waals surface area contributed by atoms with Crippen LogP contribution in [0.25, 0.3) is 0 Å². The zero-order chi connectivity index (χ0) is 29.0. The van der Waals surface area contributed by atoms with Gasteiger partial charge >= 0.3 is 5.97 Å². The van der Waals surface area contributed by atoms with Gasteiger partial charge in [0.05, 0.1) is 23.5 Å². The summed E-state index contributed by atoms with van der Waals surface area (Å²) in [6, 6.07) is 13.7. The molecule has 9 nitrogen and oxygen atoms in total. The highest BCUT2D eigenvalue weighted by Crippen LogP contribution is 2.44. The first-order chi connectivity index (χ1) is 18.8. The summed E-state index contributed by atoms with van der Waals surface area (Å²) in [7, 11) is 0. The van der Waals surface area contributed by atoms with Crippen LogP contribution in [0.4, 0.5) is 11.6 Å². The van der Waals surface area contributed by atoms with Crippen LogP contribution in [0.15, 0.2) is 48.7 Å². The van der Waals surface area contributed by atoms with Gasteiger partial charge in [0, 0.05) is 16.5 Å². The number of amides is 2. The number of anilines is 2. The molecule has 0 radical (unpaired) electrons. The van der Waals surface area contributed by atoms with Crippen molar-refractivity contribution in [3.05, 3.63) is 75.5 Å². The van der Waals surface area contributed by atoms with Crippen LogP contribution in [0.3, 0.4) is 0 Å². The Labute approximate surface area is 241 Å². The Morgan fingerprint density at radius 1 is 1.12 bits per heavy atom. The summed E-state index contributed by atoms with van der Waals surface area (Å²) in [5.41, 5.74) is -1.34. The fraction of sp³-hybridized carbons (Fsp3) is 0.345. The molecule has 1 aliphatic carbocycles. The van der Waals surface area contributed by atoms with Gasteiger partial charge in [0.15, 0.2) is 0 Å². The maximum atomic E-state index is 14.2. The molecule has 2 amide bonds. The second-order valence-electron chi connectivity index (χ2n) is 11.3. The number of esters is 1. The number of carbonyl (C=O) groups excluding carboxylic acids is 3. The number of nitrogens with zero attached hydrogens (tertiary/aromatic N) is 4. The maximum Gasteiger partial charge on any atom is 0.332 e. The molecule has 0 spiro atoms. The molecule has 2 aliphatic rings. The third-order valence-corrected chi connectivity index (χ3v) is 7.40. The van der Waals surface area contributed by atoms with Crippen LogP contribution in [-0.2, 0) is 26.3 Å². The molecule has 1 N–H and O–H groups in total. The van der Waals surface area contributed by atoms with Gasteiger partial charge in [-0.15, -0.1) is 0 Å². The summed E-state index contributed by atoms with van der Waals surface area (Å²) in [6.45, 7) is 7.03. The number of imidazole rings is 1. The molecular weight excluding hydrogens is 553 g/mol. The van der Waals surface area contributed by atoms with Gasteiger partial charge in [-0.1, -0.05) is 35.3 Å². The van der Waals surface area contributed by atoms with Crippen molar-refractivity contribution in [2.75, 3.05) is 4.90 Å². The third kappa shape index (κ3) is 4.93. The zero-order valence-corrected chi connectivity index (χ0v) is 23.9. The van der Waals surface area contributed by atoms with Gasteiger partial charge in [-0.25, -0.2) is 14.7 Å². The normalized spacial score (nSPS) is 19.1. The van der Waals surface area contributed by atoms with Crippen molar-refractivity contribution in [3.63, 3.8) is 0 Å². The number of benzene rings is 2.